The van der Waals surface area contributed by atoms with Crippen LogP contribution in [0.15, 0.2) is 36.4 Å². The minimum absolute atomic E-state index is 0.0268. The van der Waals surface area contributed by atoms with Crippen molar-refractivity contribution in [1.29, 1.82) is 5.26 Å². The Kier molecular flexibility index (Phi) is 5.02. The summed E-state index contributed by atoms with van der Waals surface area (Å²) in [6.07, 6.45) is 3.02. The Balaban J connectivity index is 2.84. The van der Waals surface area contributed by atoms with Crippen LogP contribution in [-0.4, -0.2) is 12.2 Å². The highest BCUT2D eigenvalue weighted by Gasteiger charge is 2.20. The monoisotopic (exact) mass is 311 g/mol. The summed E-state index contributed by atoms with van der Waals surface area (Å²) >= 11 is 0. The van der Waals surface area contributed by atoms with Gasteiger partial charge in [0, 0.05) is 11.6 Å². The van der Waals surface area contributed by atoms with Gasteiger partial charge in [-0.3, -0.25) is 0 Å². The van der Waals surface area contributed by atoms with E-state index in [0.29, 0.717) is 16.9 Å². The highest BCUT2D eigenvalue weighted by molar-refractivity contribution is 5.85. The van der Waals surface area contributed by atoms with Crippen molar-refractivity contribution >= 4 is 6.08 Å². The van der Waals surface area contributed by atoms with Gasteiger partial charge >= 0.3 is 0 Å². The molecule has 0 radical (unpaired) electrons. The number of benzene rings is 2. The molecular formula is C19H18FNO2. The summed E-state index contributed by atoms with van der Waals surface area (Å²) in [4.78, 5) is 0. The topological polar surface area (TPSA) is 53.2 Å². The van der Waals surface area contributed by atoms with Gasteiger partial charge in [0.25, 0.3) is 0 Å². The molecule has 2 aromatic carbocycles. The van der Waals surface area contributed by atoms with Crippen molar-refractivity contribution in [1.82, 2.24) is 0 Å². The van der Waals surface area contributed by atoms with E-state index in [1.54, 1.807) is 24.3 Å². The summed E-state index contributed by atoms with van der Waals surface area (Å²) in [7, 11) is 1.48. The normalized spacial score (nSPS) is 11.0. The average Bonchev–Trinajstić information content (AvgIpc) is 2.53. The van der Waals surface area contributed by atoms with Crippen LogP contribution in [0.25, 0.3) is 17.2 Å². The molecular weight excluding hydrogens is 293 g/mol. The first-order valence-electron chi connectivity index (χ1n) is 7.25. The largest absolute Gasteiger partial charge is 0.504 e. The van der Waals surface area contributed by atoms with Crippen LogP contribution >= 0.6 is 0 Å². The molecule has 1 N–H and O–H groups in total. The summed E-state index contributed by atoms with van der Waals surface area (Å²) < 4.78 is 18.5. The van der Waals surface area contributed by atoms with Crippen molar-refractivity contribution in [3.8, 4) is 28.7 Å². The first-order chi connectivity index (χ1) is 11.0. The number of allylic oxidation sites excluding steroid dienone is 1. The number of nitrogens with zero attached hydrogens (tertiary/aromatic N) is 1. The summed E-state index contributed by atoms with van der Waals surface area (Å²) in [6.45, 7) is 4.04. The van der Waals surface area contributed by atoms with E-state index < -0.39 is 0 Å². The summed E-state index contributed by atoms with van der Waals surface area (Å²) in [6, 6.07) is 9.59. The lowest BCUT2D eigenvalue weighted by atomic mass is 9.88. The molecule has 0 amide bonds. The second-order valence-corrected chi connectivity index (χ2v) is 5.43. The molecule has 23 heavy (non-hydrogen) atoms. The molecule has 0 atom stereocenters. The van der Waals surface area contributed by atoms with Crippen LogP contribution in [0.3, 0.4) is 0 Å². The third-order valence-corrected chi connectivity index (χ3v) is 3.64. The first-order valence-corrected chi connectivity index (χ1v) is 7.25. The highest BCUT2D eigenvalue weighted by atomic mass is 19.1. The predicted octanol–water partition coefficient (Wildman–Crippen LogP) is 4.87. The lowest BCUT2D eigenvalue weighted by Gasteiger charge is -2.19. The van der Waals surface area contributed by atoms with Crippen LogP contribution in [0.1, 0.15) is 30.9 Å². The molecule has 0 fully saturated rings. The zero-order valence-electron chi connectivity index (χ0n) is 13.3. The number of nitriles is 1. The van der Waals surface area contributed by atoms with E-state index in [1.165, 1.54) is 25.3 Å². The number of phenolic OH excluding ortho intramolecular Hbond substituents is 1. The molecule has 4 heteroatoms. The Labute approximate surface area is 135 Å². The van der Waals surface area contributed by atoms with Crippen molar-refractivity contribution in [2.75, 3.05) is 7.11 Å². The van der Waals surface area contributed by atoms with Crippen LogP contribution in [0.5, 0.6) is 11.5 Å². The van der Waals surface area contributed by atoms with Crippen molar-refractivity contribution in [2.24, 2.45) is 0 Å². The molecule has 0 saturated carbocycles. The van der Waals surface area contributed by atoms with E-state index in [4.69, 9.17) is 10.00 Å². The van der Waals surface area contributed by atoms with Crippen molar-refractivity contribution < 1.29 is 14.2 Å². The molecule has 2 rings (SSSR count). The third-order valence-electron chi connectivity index (χ3n) is 3.64. The smallest absolute Gasteiger partial charge is 0.166 e. The van der Waals surface area contributed by atoms with Crippen LogP contribution in [-0.2, 0) is 0 Å². The maximum Gasteiger partial charge on any atom is 0.166 e. The van der Waals surface area contributed by atoms with Crippen molar-refractivity contribution in [3.63, 3.8) is 0 Å². The van der Waals surface area contributed by atoms with E-state index in [2.05, 4.69) is 0 Å². The summed E-state index contributed by atoms with van der Waals surface area (Å²) in [5.41, 5.74) is 2.85. The van der Waals surface area contributed by atoms with E-state index in [9.17, 15) is 9.50 Å². The molecule has 0 aliphatic carbocycles. The zero-order valence-corrected chi connectivity index (χ0v) is 13.3. The predicted molar refractivity (Wildman–Crippen MR) is 88.8 cm³/mol. The number of hydrogen-bond acceptors (Lipinski definition) is 3. The fraction of sp³-hybridized carbons (Fsp3) is 0.211. The minimum Gasteiger partial charge on any atom is -0.504 e. The Bertz CT molecular complexity index is 771. The number of ether oxygens (including phenoxy) is 1. The molecule has 0 aromatic heterocycles. The quantitative estimate of drug-likeness (QED) is 0.820. The van der Waals surface area contributed by atoms with Gasteiger partial charge in [0.1, 0.15) is 5.82 Å². The average molecular weight is 311 g/mol. The maximum absolute atomic E-state index is 13.2. The van der Waals surface area contributed by atoms with Gasteiger partial charge in [0.15, 0.2) is 11.5 Å². The second kappa shape index (κ2) is 6.97. The molecule has 118 valence electrons. The summed E-state index contributed by atoms with van der Waals surface area (Å²) in [5, 5.41) is 19.4. The van der Waals surface area contributed by atoms with Crippen molar-refractivity contribution in [2.45, 2.75) is 19.8 Å². The van der Waals surface area contributed by atoms with Gasteiger partial charge < -0.3 is 9.84 Å². The Morgan fingerprint density at radius 1 is 1.26 bits per heavy atom. The lowest BCUT2D eigenvalue weighted by Crippen LogP contribution is -1.98. The molecule has 3 nitrogen and oxygen atoms in total. The van der Waals surface area contributed by atoms with Crippen molar-refractivity contribution in [3.05, 3.63) is 53.4 Å². The zero-order chi connectivity index (χ0) is 17.0. The van der Waals surface area contributed by atoms with Gasteiger partial charge in [-0.15, -0.1) is 0 Å². The van der Waals surface area contributed by atoms with E-state index in [0.717, 1.165) is 11.1 Å². The second-order valence-electron chi connectivity index (χ2n) is 5.43. The van der Waals surface area contributed by atoms with Crippen LogP contribution in [0.4, 0.5) is 4.39 Å². The molecule has 0 heterocycles. The number of rotatable bonds is 4. The number of hydrogen-bond donors (Lipinski definition) is 1. The Hall–Kier alpha value is -2.80. The van der Waals surface area contributed by atoms with Crippen LogP contribution in [0, 0.1) is 17.1 Å². The molecule has 0 spiro atoms. The molecule has 0 unspecified atom stereocenters. The fourth-order valence-corrected chi connectivity index (χ4v) is 2.52. The van der Waals surface area contributed by atoms with Crippen LogP contribution in [0.2, 0.25) is 0 Å². The molecule has 0 bridgehead atoms. The Morgan fingerprint density at radius 2 is 1.91 bits per heavy atom. The standard InChI is InChI=1S/C19H18FNO2/c1-12(2)16-11-17(23-3)19(22)18(15(16)5-4-10-21)13-6-8-14(20)9-7-13/h4-9,11-12,22H,1-3H3. The van der Waals surface area contributed by atoms with Gasteiger partial charge in [0.2, 0.25) is 0 Å². The minimum atomic E-state index is -0.352. The molecule has 0 saturated heterocycles. The number of methoxy groups -OCH3 is 1. The third kappa shape index (κ3) is 3.35. The van der Waals surface area contributed by atoms with E-state index in [1.807, 2.05) is 19.9 Å². The van der Waals surface area contributed by atoms with Crippen LogP contribution < -0.4 is 4.74 Å². The molecule has 2 aromatic rings. The SMILES string of the molecule is COc1cc(C(C)C)c(C=CC#N)c(-c2ccc(F)cc2)c1O. The number of aromatic hydroxyl groups is 1. The summed E-state index contributed by atoms with van der Waals surface area (Å²) in [5.74, 6) is 0.125. The van der Waals surface area contributed by atoms with Gasteiger partial charge in [-0.1, -0.05) is 26.0 Å². The van der Waals surface area contributed by atoms with Gasteiger partial charge in [-0.2, -0.15) is 5.26 Å². The van der Waals surface area contributed by atoms with Gasteiger partial charge in [0.05, 0.1) is 13.2 Å². The first kappa shape index (κ1) is 16.6. The van der Waals surface area contributed by atoms with E-state index in [-0.39, 0.29) is 17.5 Å². The number of halogens is 1. The molecule has 0 aliphatic rings. The molecule has 0 aliphatic heterocycles. The Morgan fingerprint density at radius 3 is 2.43 bits per heavy atom. The maximum atomic E-state index is 13.2. The highest BCUT2D eigenvalue weighted by Crippen LogP contribution is 2.44. The van der Waals surface area contributed by atoms with E-state index >= 15 is 0 Å². The van der Waals surface area contributed by atoms with Gasteiger partial charge in [-0.05, 0) is 46.9 Å². The van der Waals surface area contributed by atoms with Gasteiger partial charge in [-0.25, -0.2) is 4.39 Å². The lowest BCUT2D eigenvalue weighted by molar-refractivity contribution is 0.373. The number of phenols is 1. The fourth-order valence-electron chi connectivity index (χ4n) is 2.52.